The number of carbonyl (C=O) groups excluding carboxylic acids is 1. The minimum absolute atomic E-state index is 0.00514. The molecule has 0 saturated carbocycles. The molecule has 0 aliphatic rings. The molecule has 1 atom stereocenters. The minimum Gasteiger partial charge on any atom is -0.504 e. The number of rotatable bonds is 7. The molecule has 0 saturated heterocycles. The number of aromatic nitrogens is 4. The number of nitrogens with one attached hydrogen (secondary N) is 1. The first-order chi connectivity index (χ1) is 17.9. The first kappa shape index (κ1) is 23.7. The number of nitrogens with zero attached hydrogens (tertiary/aromatic N) is 4. The molecule has 0 spiro atoms. The molecule has 5 aromatic rings. The fourth-order valence-electron chi connectivity index (χ4n) is 4.31. The fourth-order valence-corrected chi connectivity index (χ4v) is 4.31. The maximum absolute atomic E-state index is 13.4. The number of hydrogen-bond donors (Lipinski definition) is 4. The van der Waals surface area contributed by atoms with Crippen LogP contribution in [0.3, 0.4) is 0 Å². The smallest absolute Gasteiger partial charge is 0.265 e. The van der Waals surface area contributed by atoms with Crippen LogP contribution < -0.4 is 10.9 Å². The van der Waals surface area contributed by atoms with Crippen molar-refractivity contribution in [3.63, 3.8) is 0 Å². The van der Waals surface area contributed by atoms with Gasteiger partial charge in [-0.3, -0.25) is 24.0 Å². The highest BCUT2D eigenvalue weighted by Crippen LogP contribution is 2.32. The summed E-state index contributed by atoms with van der Waals surface area (Å²) in [6.07, 6.45) is 4.98. The van der Waals surface area contributed by atoms with Gasteiger partial charge in [0.15, 0.2) is 11.5 Å². The number of benzene rings is 2. The van der Waals surface area contributed by atoms with E-state index in [1.54, 1.807) is 61.1 Å². The van der Waals surface area contributed by atoms with Gasteiger partial charge in [0.1, 0.15) is 5.65 Å². The number of amides is 1. The third-order valence-corrected chi connectivity index (χ3v) is 6.16. The second-order valence-corrected chi connectivity index (χ2v) is 8.57. The molecular weight excluding hydrogens is 474 g/mol. The molecule has 10 nitrogen and oxygen atoms in total. The minimum atomic E-state index is -0.804. The SMILES string of the molecule is O=C(C[C@@H](c1ccc2nccnc2c1)c1c(O)nc2ccccn2c1=O)NCCc1ccc(O)c(O)c1. The molecule has 37 heavy (non-hydrogen) atoms. The molecule has 3 heterocycles. The summed E-state index contributed by atoms with van der Waals surface area (Å²) in [4.78, 5) is 39.2. The van der Waals surface area contributed by atoms with Crippen LogP contribution in [0.5, 0.6) is 17.4 Å². The van der Waals surface area contributed by atoms with Crippen molar-refractivity contribution in [1.82, 2.24) is 24.7 Å². The first-order valence-corrected chi connectivity index (χ1v) is 11.6. The zero-order valence-electron chi connectivity index (χ0n) is 19.6. The van der Waals surface area contributed by atoms with E-state index in [1.165, 1.54) is 16.5 Å². The van der Waals surface area contributed by atoms with Crippen LogP contribution in [0.2, 0.25) is 0 Å². The molecule has 0 fully saturated rings. The van der Waals surface area contributed by atoms with E-state index in [9.17, 15) is 24.9 Å². The van der Waals surface area contributed by atoms with Crippen LogP contribution in [0.4, 0.5) is 0 Å². The quantitative estimate of drug-likeness (QED) is 0.251. The molecule has 2 aromatic carbocycles. The van der Waals surface area contributed by atoms with E-state index in [2.05, 4.69) is 20.3 Å². The molecule has 0 aliphatic carbocycles. The molecule has 0 bridgehead atoms. The Labute approximate surface area is 210 Å². The topological polar surface area (TPSA) is 150 Å². The van der Waals surface area contributed by atoms with E-state index in [0.717, 1.165) is 5.56 Å². The van der Waals surface area contributed by atoms with E-state index in [-0.39, 0.29) is 35.9 Å². The zero-order chi connectivity index (χ0) is 25.9. The molecular formula is C27H23N5O5. The Morgan fingerprint density at radius 1 is 0.946 bits per heavy atom. The summed E-state index contributed by atoms with van der Waals surface area (Å²) in [5.41, 5.74) is 2.41. The lowest BCUT2D eigenvalue weighted by molar-refractivity contribution is -0.121. The van der Waals surface area contributed by atoms with Gasteiger partial charge in [-0.25, -0.2) is 0 Å². The molecule has 0 aliphatic heterocycles. The Kier molecular flexibility index (Phi) is 6.38. The summed E-state index contributed by atoms with van der Waals surface area (Å²) < 4.78 is 1.33. The summed E-state index contributed by atoms with van der Waals surface area (Å²) >= 11 is 0. The number of carbonyl (C=O) groups is 1. The average Bonchev–Trinajstić information content (AvgIpc) is 2.90. The number of phenolic OH excluding ortho intramolecular Hbond substituents is 2. The molecule has 10 heteroatoms. The van der Waals surface area contributed by atoms with Gasteiger partial charge in [0.25, 0.3) is 5.56 Å². The predicted octanol–water partition coefficient (Wildman–Crippen LogP) is 2.64. The van der Waals surface area contributed by atoms with Crippen LogP contribution in [0.15, 0.2) is 78.0 Å². The lowest BCUT2D eigenvalue weighted by atomic mass is 9.88. The highest BCUT2D eigenvalue weighted by molar-refractivity contribution is 5.79. The van der Waals surface area contributed by atoms with Gasteiger partial charge in [0.05, 0.1) is 16.6 Å². The first-order valence-electron chi connectivity index (χ1n) is 11.6. The van der Waals surface area contributed by atoms with Crippen molar-refractivity contribution in [3.05, 3.63) is 100 Å². The van der Waals surface area contributed by atoms with Crippen molar-refractivity contribution in [3.8, 4) is 17.4 Å². The highest BCUT2D eigenvalue weighted by atomic mass is 16.3. The summed E-state index contributed by atoms with van der Waals surface area (Å²) in [6, 6.07) is 14.7. The highest BCUT2D eigenvalue weighted by Gasteiger charge is 2.27. The van der Waals surface area contributed by atoms with E-state index in [0.29, 0.717) is 28.7 Å². The number of phenols is 2. The van der Waals surface area contributed by atoms with Crippen molar-refractivity contribution < 1.29 is 20.1 Å². The Balaban J connectivity index is 1.46. The molecule has 0 unspecified atom stereocenters. The van der Waals surface area contributed by atoms with Gasteiger partial charge >= 0.3 is 0 Å². The van der Waals surface area contributed by atoms with Crippen molar-refractivity contribution >= 4 is 22.6 Å². The molecule has 186 valence electrons. The van der Waals surface area contributed by atoms with Crippen LogP contribution in [-0.4, -0.2) is 47.1 Å². The van der Waals surface area contributed by atoms with Gasteiger partial charge in [-0.2, -0.15) is 4.98 Å². The average molecular weight is 498 g/mol. The molecule has 3 aromatic heterocycles. The van der Waals surface area contributed by atoms with Gasteiger partial charge in [0, 0.05) is 37.5 Å². The van der Waals surface area contributed by atoms with Crippen LogP contribution in [0.25, 0.3) is 16.7 Å². The van der Waals surface area contributed by atoms with Gasteiger partial charge in [0.2, 0.25) is 11.8 Å². The fraction of sp³-hybridized carbons (Fsp3) is 0.148. The second-order valence-electron chi connectivity index (χ2n) is 8.57. The van der Waals surface area contributed by atoms with Gasteiger partial charge in [-0.05, 0) is 53.9 Å². The predicted molar refractivity (Wildman–Crippen MR) is 136 cm³/mol. The maximum atomic E-state index is 13.4. The lowest BCUT2D eigenvalue weighted by Gasteiger charge is -2.19. The zero-order valence-corrected chi connectivity index (χ0v) is 19.6. The lowest BCUT2D eigenvalue weighted by Crippen LogP contribution is -2.30. The second kappa shape index (κ2) is 9.94. The van der Waals surface area contributed by atoms with Crippen molar-refractivity contribution in [1.29, 1.82) is 0 Å². The monoisotopic (exact) mass is 497 g/mol. The summed E-state index contributed by atoms with van der Waals surface area (Å²) in [5.74, 6) is -2.04. The summed E-state index contributed by atoms with van der Waals surface area (Å²) in [7, 11) is 0. The van der Waals surface area contributed by atoms with E-state index >= 15 is 0 Å². The summed E-state index contributed by atoms with van der Waals surface area (Å²) in [5, 5.41) is 32.8. The molecule has 5 rings (SSSR count). The maximum Gasteiger partial charge on any atom is 0.265 e. The van der Waals surface area contributed by atoms with Crippen molar-refractivity contribution in [2.45, 2.75) is 18.8 Å². The molecule has 4 N–H and O–H groups in total. The van der Waals surface area contributed by atoms with Gasteiger partial charge in [-0.1, -0.05) is 18.2 Å². The standard InChI is InChI=1S/C27H23N5O5/c33-21-7-4-16(13-22(21)34)8-9-30-24(35)15-18(17-5-6-19-20(14-17)29-11-10-28-19)25-26(36)31-23-3-1-2-12-32(23)27(25)37/h1-7,10-14,18,33-34,36H,8-9,15H2,(H,30,35)/t18-/m0/s1. The Morgan fingerprint density at radius 2 is 1.76 bits per heavy atom. The van der Waals surface area contributed by atoms with Crippen LogP contribution in [0, 0.1) is 0 Å². The van der Waals surface area contributed by atoms with E-state index in [1.807, 2.05) is 0 Å². The van der Waals surface area contributed by atoms with Crippen LogP contribution in [0.1, 0.15) is 29.0 Å². The van der Waals surface area contributed by atoms with Gasteiger partial charge in [-0.15, -0.1) is 0 Å². The van der Waals surface area contributed by atoms with Crippen LogP contribution >= 0.6 is 0 Å². The third-order valence-electron chi connectivity index (χ3n) is 6.16. The molecule has 0 radical (unpaired) electrons. The number of fused-ring (bicyclic) bond motifs is 2. The van der Waals surface area contributed by atoms with E-state index in [4.69, 9.17) is 0 Å². The largest absolute Gasteiger partial charge is 0.504 e. The normalized spacial score (nSPS) is 12.0. The number of pyridine rings is 1. The van der Waals surface area contributed by atoms with Crippen LogP contribution in [-0.2, 0) is 11.2 Å². The Hall–Kier alpha value is -4.99. The van der Waals surface area contributed by atoms with Crippen molar-refractivity contribution in [2.24, 2.45) is 0 Å². The summed E-state index contributed by atoms with van der Waals surface area (Å²) in [6.45, 7) is 0.264. The Morgan fingerprint density at radius 3 is 2.57 bits per heavy atom. The molecule has 1 amide bonds. The van der Waals surface area contributed by atoms with Gasteiger partial charge < -0.3 is 20.6 Å². The number of hydrogen-bond acceptors (Lipinski definition) is 8. The van der Waals surface area contributed by atoms with E-state index < -0.39 is 17.4 Å². The third kappa shape index (κ3) is 4.90. The Bertz CT molecular complexity index is 1680. The van der Waals surface area contributed by atoms with Crippen molar-refractivity contribution in [2.75, 3.05) is 6.54 Å². The number of aromatic hydroxyl groups is 3.